The number of rotatable bonds is 5. The molecule has 0 bridgehead atoms. The van der Waals surface area contributed by atoms with Crippen LogP contribution in [0.4, 0.5) is 11.4 Å². The van der Waals surface area contributed by atoms with E-state index in [-0.39, 0.29) is 16.1 Å². The first kappa shape index (κ1) is 19.1. The lowest BCUT2D eigenvalue weighted by molar-refractivity contribution is -0.385. The fourth-order valence-corrected chi connectivity index (χ4v) is 4.88. The van der Waals surface area contributed by atoms with Gasteiger partial charge in [0, 0.05) is 49.6 Å². The Bertz CT molecular complexity index is 953. The second kappa shape index (κ2) is 7.53. The van der Waals surface area contributed by atoms with Crippen LogP contribution < -0.4 is 9.64 Å². The van der Waals surface area contributed by atoms with Gasteiger partial charge < -0.3 is 9.64 Å². The van der Waals surface area contributed by atoms with Gasteiger partial charge in [-0.25, -0.2) is 8.42 Å². The molecule has 3 rings (SSSR count). The van der Waals surface area contributed by atoms with Crippen molar-refractivity contribution in [3.8, 4) is 5.75 Å². The number of nitro groups is 1. The minimum absolute atomic E-state index is 0.00784. The molecule has 0 N–H and O–H groups in total. The Morgan fingerprint density at radius 1 is 1.07 bits per heavy atom. The van der Waals surface area contributed by atoms with E-state index in [1.807, 2.05) is 24.3 Å². The van der Waals surface area contributed by atoms with E-state index in [2.05, 4.69) is 4.90 Å². The molecule has 27 heavy (non-hydrogen) atoms. The molecule has 1 fully saturated rings. The number of nitrogens with zero attached hydrogens (tertiary/aromatic N) is 3. The monoisotopic (exact) mass is 391 g/mol. The van der Waals surface area contributed by atoms with E-state index in [1.165, 1.54) is 29.4 Å². The second-order valence-electron chi connectivity index (χ2n) is 6.25. The summed E-state index contributed by atoms with van der Waals surface area (Å²) < 4.78 is 32.6. The Morgan fingerprint density at radius 2 is 1.74 bits per heavy atom. The third-order valence-electron chi connectivity index (χ3n) is 4.73. The van der Waals surface area contributed by atoms with E-state index in [0.717, 1.165) is 11.4 Å². The van der Waals surface area contributed by atoms with Crippen LogP contribution in [-0.4, -0.2) is 50.9 Å². The molecular weight excluding hydrogens is 370 g/mol. The molecule has 144 valence electrons. The summed E-state index contributed by atoms with van der Waals surface area (Å²) >= 11 is 0. The van der Waals surface area contributed by atoms with Crippen LogP contribution in [0.1, 0.15) is 5.56 Å². The summed E-state index contributed by atoms with van der Waals surface area (Å²) in [5.74, 6) is 0.745. The molecule has 0 atom stereocenters. The minimum atomic E-state index is -3.79. The van der Waals surface area contributed by atoms with E-state index in [9.17, 15) is 18.5 Å². The SMILES string of the molecule is COc1cccc(N2CCN(S(=O)(=O)c3cccc([N+](=O)[O-])c3C)CC2)c1. The number of benzene rings is 2. The summed E-state index contributed by atoms with van der Waals surface area (Å²) in [6.45, 7) is 3.14. The van der Waals surface area contributed by atoms with Crippen molar-refractivity contribution in [2.75, 3.05) is 38.2 Å². The maximum absolute atomic E-state index is 13.0. The van der Waals surface area contributed by atoms with Crippen LogP contribution in [0.25, 0.3) is 0 Å². The highest BCUT2D eigenvalue weighted by Gasteiger charge is 2.31. The van der Waals surface area contributed by atoms with Gasteiger partial charge in [-0.2, -0.15) is 4.31 Å². The first-order valence-electron chi connectivity index (χ1n) is 8.48. The summed E-state index contributed by atoms with van der Waals surface area (Å²) in [5.41, 5.74) is 0.946. The van der Waals surface area contributed by atoms with Gasteiger partial charge in [-0.15, -0.1) is 0 Å². The summed E-state index contributed by atoms with van der Waals surface area (Å²) in [6, 6.07) is 11.8. The fraction of sp³-hybridized carbons (Fsp3) is 0.333. The lowest BCUT2D eigenvalue weighted by Crippen LogP contribution is -2.48. The molecule has 2 aromatic rings. The highest BCUT2D eigenvalue weighted by Crippen LogP contribution is 2.29. The Hall–Kier alpha value is -2.65. The maximum atomic E-state index is 13.0. The van der Waals surface area contributed by atoms with E-state index in [1.54, 1.807) is 7.11 Å². The standard InChI is InChI=1S/C18H21N3O5S/c1-14-17(21(22)23)7-4-8-18(14)27(24,25)20-11-9-19(10-12-20)15-5-3-6-16(13-15)26-2/h3-8,13H,9-12H2,1-2H3. The van der Waals surface area contributed by atoms with E-state index >= 15 is 0 Å². The molecule has 8 nitrogen and oxygen atoms in total. The first-order chi connectivity index (χ1) is 12.8. The molecule has 1 saturated heterocycles. The number of hydrogen-bond donors (Lipinski definition) is 0. The average Bonchev–Trinajstić information content (AvgIpc) is 2.68. The number of hydrogen-bond acceptors (Lipinski definition) is 6. The molecule has 1 aliphatic rings. The molecule has 0 aliphatic carbocycles. The van der Waals surface area contributed by atoms with Gasteiger partial charge in [0.05, 0.1) is 16.9 Å². The number of anilines is 1. The molecule has 0 saturated carbocycles. The minimum Gasteiger partial charge on any atom is -0.497 e. The fourth-order valence-electron chi connectivity index (χ4n) is 3.21. The second-order valence-corrected chi connectivity index (χ2v) is 8.16. The maximum Gasteiger partial charge on any atom is 0.273 e. The molecule has 0 radical (unpaired) electrons. The quantitative estimate of drug-likeness (QED) is 0.574. The van der Waals surface area contributed by atoms with Crippen molar-refractivity contribution in [3.63, 3.8) is 0 Å². The predicted molar refractivity (Wildman–Crippen MR) is 102 cm³/mol. The van der Waals surface area contributed by atoms with Gasteiger partial charge in [-0.3, -0.25) is 10.1 Å². The zero-order valence-corrected chi connectivity index (χ0v) is 16.0. The number of sulfonamides is 1. The molecular formula is C18H21N3O5S. The van der Waals surface area contributed by atoms with E-state index < -0.39 is 14.9 Å². The van der Waals surface area contributed by atoms with Gasteiger partial charge in [-0.1, -0.05) is 12.1 Å². The summed E-state index contributed by atoms with van der Waals surface area (Å²) in [6.07, 6.45) is 0. The predicted octanol–water partition coefficient (Wildman–Crippen LogP) is 2.42. The normalized spacial score (nSPS) is 15.6. The molecule has 2 aromatic carbocycles. The first-order valence-corrected chi connectivity index (χ1v) is 9.92. The number of nitro benzene ring substituents is 1. The van der Waals surface area contributed by atoms with Gasteiger partial charge in [-0.05, 0) is 25.1 Å². The van der Waals surface area contributed by atoms with Crippen molar-refractivity contribution in [1.29, 1.82) is 0 Å². The Kier molecular flexibility index (Phi) is 5.33. The van der Waals surface area contributed by atoms with Crippen LogP contribution in [0, 0.1) is 17.0 Å². The Labute approximate surface area is 158 Å². The van der Waals surface area contributed by atoms with Crippen molar-refractivity contribution < 1.29 is 18.1 Å². The molecule has 1 heterocycles. The van der Waals surface area contributed by atoms with Crippen LogP contribution in [0.5, 0.6) is 5.75 Å². The lowest BCUT2D eigenvalue weighted by Gasteiger charge is -2.35. The number of ether oxygens (including phenoxy) is 1. The van der Waals surface area contributed by atoms with Crippen molar-refractivity contribution >= 4 is 21.4 Å². The molecule has 0 amide bonds. The van der Waals surface area contributed by atoms with Crippen LogP contribution in [0.15, 0.2) is 47.4 Å². The zero-order valence-electron chi connectivity index (χ0n) is 15.2. The largest absolute Gasteiger partial charge is 0.497 e. The van der Waals surface area contributed by atoms with Gasteiger partial charge in [0.1, 0.15) is 5.75 Å². The van der Waals surface area contributed by atoms with Crippen LogP contribution in [0.3, 0.4) is 0 Å². The van der Waals surface area contributed by atoms with Crippen LogP contribution >= 0.6 is 0 Å². The molecule has 9 heteroatoms. The Morgan fingerprint density at radius 3 is 2.37 bits per heavy atom. The van der Waals surface area contributed by atoms with Gasteiger partial charge in [0.15, 0.2) is 0 Å². The summed E-state index contributed by atoms with van der Waals surface area (Å²) in [4.78, 5) is 12.6. The smallest absolute Gasteiger partial charge is 0.273 e. The molecule has 0 aromatic heterocycles. The third-order valence-corrected chi connectivity index (χ3v) is 6.77. The molecule has 1 aliphatic heterocycles. The third kappa shape index (κ3) is 3.74. The van der Waals surface area contributed by atoms with Crippen molar-refractivity contribution in [2.45, 2.75) is 11.8 Å². The number of methoxy groups -OCH3 is 1. The van der Waals surface area contributed by atoms with Crippen molar-refractivity contribution in [1.82, 2.24) is 4.31 Å². The van der Waals surface area contributed by atoms with E-state index in [4.69, 9.17) is 4.74 Å². The van der Waals surface area contributed by atoms with Gasteiger partial charge in [0.25, 0.3) is 5.69 Å². The highest BCUT2D eigenvalue weighted by atomic mass is 32.2. The van der Waals surface area contributed by atoms with Gasteiger partial charge in [0.2, 0.25) is 10.0 Å². The van der Waals surface area contributed by atoms with Crippen molar-refractivity contribution in [2.24, 2.45) is 0 Å². The summed E-state index contributed by atoms with van der Waals surface area (Å²) in [7, 11) is -2.19. The zero-order chi connectivity index (χ0) is 19.6. The summed E-state index contributed by atoms with van der Waals surface area (Å²) in [5, 5.41) is 11.1. The molecule has 0 unspecified atom stereocenters. The van der Waals surface area contributed by atoms with Crippen molar-refractivity contribution in [3.05, 3.63) is 58.1 Å². The lowest BCUT2D eigenvalue weighted by atomic mass is 10.2. The van der Waals surface area contributed by atoms with Gasteiger partial charge >= 0.3 is 0 Å². The van der Waals surface area contributed by atoms with Crippen LogP contribution in [-0.2, 0) is 10.0 Å². The average molecular weight is 391 g/mol. The molecule has 0 spiro atoms. The van der Waals surface area contributed by atoms with Crippen LogP contribution in [0.2, 0.25) is 0 Å². The Balaban J connectivity index is 1.79. The number of piperazine rings is 1. The van der Waals surface area contributed by atoms with E-state index in [0.29, 0.717) is 26.2 Å². The highest BCUT2D eigenvalue weighted by molar-refractivity contribution is 7.89. The topological polar surface area (TPSA) is 93.0 Å².